The van der Waals surface area contributed by atoms with Gasteiger partial charge in [0.15, 0.2) is 0 Å². The molecular weight excluding hydrogens is 152 g/mol. The van der Waals surface area contributed by atoms with Crippen LogP contribution in [0.4, 0.5) is 0 Å². The zero-order valence-corrected chi connectivity index (χ0v) is 8.50. The molecule has 1 amide bonds. The molecule has 0 unspecified atom stereocenters. The standard InChI is InChI=1S/C9H20N2O/c1-7(2)11(8(3)4)9(12)5-6-10/h7-8H,5-6,10H2,1-4H3. The first-order valence-electron chi connectivity index (χ1n) is 4.52. The third kappa shape index (κ3) is 3.22. The highest BCUT2D eigenvalue weighted by Crippen LogP contribution is 2.06. The van der Waals surface area contributed by atoms with Gasteiger partial charge < -0.3 is 10.6 Å². The van der Waals surface area contributed by atoms with Crippen LogP contribution in [-0.4, -0.2) is 29.4 Å². The number of hydrogen-bond donors (Lipinski definition) is 1. The molecule has 0 bridgehead atoms. The largest absolute Gasteiger partial charge is 0.338 e. The SMILES string of the molecule is CC(C)N(C(=O)CCN)C(C)C. The van der Waals surface area contributed by atoms with Gasteiger partial charge in [-0.15, -0.1) is 0 Å². The molecule has 0 heterocycles. The Morgan fingerprint density at radius 1 is 1.25 bits per heavy atom. The Morgan fingerprint density at radius 2 is 1.67 bits per heavy atom. The summed E-state index contributed by atoms with van der Waals surface area (Å²) in [6.45, 7) is 8.53. The minimum Gasteiger partial charge on any atom is -0.338 e. The zero-order valence-electron chi connectivity index (χ0n) is 8.50. The zero-order chi connectivity index (χ0) is 9.72. The Hall–Kier alpha value is -0.570. The van der Waals surface area contributed by atoms with Crippen LogP contribution >= 0.6 is 0 Å². The Bertz CT molecular complexity index is 135. The van der Waals surface area contributed by atoms with Crippen LogP contribution in [0.25, 0.3) is 0 Å². The second-order valence-corrected chi connectivity index (χ2v) is 3.53. The van der Waals surface area contributed by atoms with Crippen LogP contribution < -0.4 is 5.73 Å². The molecule has 3 heteroatoms. The molecule has 72 valence electrons. The van der Waals surface area contributed by atoms with Crippen LogP contribution in [0.15, 0.2) is 0 Å². The van der Waals surface area contributed by atoms with E-state index < -0.39 is 0 Å². The third-order valence-corrected chi connectivity index (χ3v) is 1.76. The van der Waals surface area contributed by atoms with Gasteiger partial charge in [0.1, 0.15) is 0 Å². The predicted molar refractivity (Wildman–Crippen MR) is 50.8 cm³/mol. The lowest BCUT2D eigenvalue weighted by atomic mass is 10.2. The van der Waals surface area contributed by atoms with Crippen molar-refractivity contribution < 1.29 is 4.79 Å². The Balaban J connectivity index is 4.20. The van der Waals surface area contributed by atoms with E-state index in [2.05, 4.69) is 0 Å². The quantitative estimate of drug-likeness (QED) is 0.687. The van der Waals surface area contributed by atoms with E-state index in [0.29, 0.717) is 13.0 Å². The Morgan fingerprint density at radius 3 is 1.92 bits per heavy atom. The van der Waals surface area contributed by atoms with Gasteiger partial charge in [0.05, 0.1) is 0 Å². The second kappa shape index (κ2) is 5.14. The van der Waals surface area contributed by atoms with Crippen LogP contribution in [0.1, 0.15) is 34.1 Å². The fourth-order valence-electron chi connectivity index (χ4n) is 1.42. The number of hydrogen-bond acceptors (Lipinski definition) is 2. The van der Waals surface area contributed by atoms with E-state index in [9.17, 15) is 4.79 Å². The summed E-state index contributed by atoms with van der Waals surface area (Å²) < 4.78 is 0. The molecular formula is C9H20N2O. The molecule has 12 heavy (non-hydrogen) atoms. The van der Waals surface area contributed by atoms with Gasteiger partial charge in [-0.3, -0.25) is 4.79 Å². The number of carbonyl (C=O) groups is 1. The summed E-state index contributed by atoms with van der Waals surface area (Å²) in [5, 5.41) is 0. The molecule has 0 aromatic heterocycles. The highest BCUT2D eigenvalue weighted by Gasteiger charge is 2.18. The Labute approximate surface area is 74.9 Å². The molecule has 0 rings (SSSR count). The summed E-state index contributed by atoms with van der Waals surface area (Å²) in [7, 11) is 0. The normalized spacial score (nSPS) is 10.9. The molecule has 0 aromatic rings. The van der Waals surface area contributed by atoms with Gasteiger partial charge in [0.2, 0.25) is 5.91 Å². The monoisotopic (exact) mass is 172 g/mol. The maximum atomic E-state index is 11.5. The summed E-state index contributed by atoms with van der Waals surface area (Å²) >= 11 is 0. The fourth-order valence-corrected chi connectivity index (χ4v) is 1.42. The van der Waals surface area contributed by atoms with Gasteiger partial charge in [-0.2, -0.15) is 0 Å². The van der Waals surface area contributed by atoms with E-state index >= 15 is 0 Å². The maximum absolute atomic E-state index is 11.5. The minimum absolute atomic E-state index is 0.155. The van der Waals surface area contributed by atoms with Crippen molar-refractivity contribution in [3.05, 3.63) is 0 Å². The van der Waals surface area contributed by atoms with Crippen LogP contribution in [0, 0.1) is 0 Å². The van der Waals surface area contributed by atoms with E-state index in [1.807, 2.05) is 32.6 Å². The van der Waals surface area contributed by atoms with Gasteiger partial charge in [-0.05, 0) is 27.7 Å². The predicted octanol–water partition coefficient (Wildman–Crippen LogP) is 0.981. The molecule has 0 fully saturated rings. The van der Waals surface area contributed by atoms with Crippen molar-refractivity contribution in [3.63, 3.8) is 0 Å². The molecule has 0 saturated heterocycles. The van der Waals surface area contributed by atoms with E-state index in [0.717, 1.165) is 0 Å². The van der Waals surface area contributed by atoms with Crippen LogP contribution in [0.2, 0.25) is 0 Å². The first kappa shape index (κ1) is 11.4. The average molecular weight is 172 g/mol. The topological polar surface area (TPSA) is 46.3 Å². The van der Waals surface area contributed by atoms with Crippen LogP contribution in [0.5, 0.6) is 0 Å². The summed E-state index contributed by atoms with van der Waals surface area (Å²) in [6.07, 6.45) is 0.455. The van der Waals surface area contributed by atoms with Gasteiger partial charge in [-0.1, -0.05) is 0 Å². The van der Waals surface area contributed by atoms with E-state index in [4.69, 9.17) is 5.73 Å². The number of rotatable bonds is 4. The van der Waals surface area contributed by atoms with E-state index in [-0.39, 0.29) is 18.0 Å². The van der Waals surface area contributed by atoms with Gasteiger partial charge in [-0.25, -0.2) is 0 Å². The van der Waals surface area contributed by atoms with Crippen molar-refractivity contribution in [2.24, 2.45) is 5.73 Å². The smallest absolute Gasteiger partial charge is 0.224 e. The first-order valence-corrected chi connectivity index (χ1v) is 4.52. The molecule has 0 spiro atoms. The van der Waals surface area contributed by atoms with Crippen LogP contribution in [0.3, 0.4) is 0 Å². The number of nitrogens with two attached hydrogens (primary N) is 1. The van der Waals surface area contributed by atoms with Crippen molar-refractivity contribution in [3.8, 4) is 0 Å². The van der Waals surface area contributed by atoms with Gasteiger partial charge in [0, 0.05) is 25.0 Å². The minimum atomic E-state index is 0.155. The summed E-state index contributed by atoms with van der Waals surface area (Å²) in [4.78, 5) is 13.3. The summed E-state index contributed by atoms with van der Waals surface area (Å²) in [6, 6.07) is 0.535. The summed E-state index contributed by atoms with van der Waals surface area (Å²) in [5.41, 5.74) is 5.32. The summed E-state index contributed by atoms with van der Waals surface area (Å²) in [5.74, 6) is 0.155. The molecule has 0 aliphatic carbocycles. The van der Waals surface area contributed by atoms with Gasteiger partial charge >= 0.3 is 0 Å². The Kier molecular flexibility index (Phi) is 4.90. The van der Waals surface area contributed by atoms with Crippen LogP contribution in [-0.2, 0) is 4.79 Å². The van der Waals surface area contributed by atoms with E-state index in [1.54, 1.807) is 0 Å². The van der Waals surface area contributed by atoms with Crippen molar-refractivity contribution in [1.82, 2.24) is 4.90 Å². The van der Waals surface area contributed by atoms with E-state index in [1.165, 1.54) is 0 Å². The number of amides is 1. The average Bonchev–Trinajstić information content (AvgIpc) is 1.85. The molecule has 0 aromatic carbocycles. The molecule has 0 saturated carbocycles. The lowest BCUT2D eigenvalue weighted by molar-refractivity contribution is -0.134. The number of nitrogens with zero attached hydrogens (tertiary/aromatic N) is 1. The second-order valence-electron chi connectivity index (χ2n) is 3.53. The lowest BCUT2D eigenvalue weighted by Crippen LogP contribution is -2.42. The highest BCUT2D eigenvalue weighted by atomic mass is 16.2. The first-order chi connectivity index (χ1) is 5.50. The number of carbonyl (C=O) groups excluding carboxylic acids is 1. The molecule has 2 N–H and O–H groups in total. The lowest BCUT2D eigenvalue weighted by Gasteiger charge is -2.30. The van der Waals surface area contributed by atoms with Crippen molar-refractivity contribution in [1.29, 1.82) is 0 Å². The fraction of sp³-hybridized carbons (Fsp3) is 0.889. The van der Waals surface area contributed by atoms with Crippen molar-refractivity contribution in [2.45, 2.75) is 46.2 Å². The molecule has 0 atom stereocenters. The highest BCUT2D eigenvalue weighted by molar-refractivity contribution is 5.76. The van der Waals surface area contributed by atoms with Crippen molar-refractivity contribution >= 4 is 5.91 Å². The molecule has 0 aliphatic heterocycles. The molecule has 0 aliphatic rings. The van der Waals surface area contributed by atoms with Crippen molar-refractivity contribution in [2.75, 3.05) is 6.54 Å². The third-order valence-electron chi connectivity index (χ3n) is 1.76. The molecule has 0 radical (unpaired) electrons. The maximum Gasteiger partial charge on any atom is 0.224 e. The molecule has 3 nitrogen and oxygen atoms in total. The van der Waals surface area contributed by atoms with Gasteiger partial charge in [0.25, 0.3) is 0 Å².